The summed E-state index contributed by atoms with van der Waals surface area (Å²) in [6, 6.07) is 10.1. The number of nitrogens with zero attached hydrogens (tertiary/aromatic N) is 2. The number of amides is 1. The Morgan fingerprint density at radius 3 is 2.75 bits per heavy atom. The van der Waals surface area contributed by atoms with Gasteiger partial charge in [0.25, 0.3) is 0 Å². The Kier molecular flexibility index (Phi) is 3.62. The average Bonchev–Trinajstić information content (AvgIpc) is 3.54. The van der Waals surface area contributed by atoms with Gasteiger partial charge in [0.15, 0.2) is 0 Å². The highest BCUT2D eigenvalue weighted by Gasteiger charge is 2.51. The molecule has 2 aromatic heterocycles. The van der Waals surface area contributed by atoms with E-state index in [-0.39, 0.29) is 5.91 Å². The quantitative estimate of drug-likeness (QED) is 0.734. The lowest BCUT2D eigenvalue weighted by atomic mass is 9.96. The molecule has 0 atom stereocenters. The number of nitrogens with two attached hydrogens (primary N) is 1. The summed E-state index contributed by atoms with van der Waals surface area (Å²) < 4.78 is 6.05. The second-order valence-corrected chi connectivity index (χ2v) is 7.33. The van der Waals surface area contributed by atoms with Crippen LogP contribution < -0.4 is 11.1 Å². The normalized spacial score (nSPS) is 16.7. The van der Waals surface area contributed by atoms with Crippen LogP contribution in [0, 0.1) is 0 Å². The number of rotatable bonds is 4. The van der Waals surface area contributed by atoms with Gasteiger partial charge in [-0.05, 0) is 36.1 Å². The molecule has 28 heavy (non-hydrogen) atoms. The first kappa shape index (κ1) is 16.7. The molecule has 1 aliphatic carbocycles. The minimum Gasteiger partial charge on any atom is -0.488 e. The number of primary amides is 1. The number of hydrogen-bond donors (Lipinski definition) is 2. The maximum absolute atomic E-state index is 12.0. The molecule has 3 aromatic rings. The van der Waals surface area contributed by atoms with Crippen molar-refractivity contribution in [2.75, 3.05) is 12.4 Å². The first-order chi connectivity index (χ1) is 13.6. The highest BCUT2D eigenvalue weighted by atomic mass is 16.5. The third kappa shape index (κ3) is 2.45. The van der Waals surface area contributed by atoms with Gasteiger partial charge in [-0.15, -0.1) is 0 Å². The summed E-state index contributed by atoms with van der Waals surface area (Å²) in [4.78, 5) is 21.1. The highest BCUT2D eigenvalue weighted by Crippen LogP contribution is 2.48. The Bertz CT molecular complexity index is 1150. The molecule has 6 nitrogen and oxygen atoms in total. The Balaban J connectivity index is 1.71. The van der Waals surface area contributed by atoms with E-state index in [9.17, 15) is 4.79 Å². The molecule has 140 valence electrons. The second-order valence-electron chi connectivity index (χ2n) is 7.33. The number of hydrogen-bond acceptors (Lipinski definition) is 5. The minimum absolute atomic E-state index is 0.314. The topological polar surface area (TPSA) is 90.1 Å². The molecule has 0 unspecified atom stereocenters. The molecule has 5 rings (SSSR count). The molecule has 1 amide bonds. The van der Waals surface area contributed by atoms with Gasteiger partial charge < -0.3 is 15.8 Å². The van der Waals surface area contributed by atoms with E-state index >= 15 is 0 Å². The molecule has 6 heteroatoms. The lowest BCUT2D eigenvalue weighted by Gasteiger charge is -2.20. The van der Waals surface area contributed by atoms with E-state index in [0.717, 1.165) is 57.6 Å². The smallest absolute Gasteiger partial charge is 0.229 e. The number of anilines is 1. The Labute approximate surface area is 162 Å². The third-order valence-electron chi connectivity index (χ3n) is 5.71. The first-order valence-electron chi connectivity index (χ1n) is 9.32. The average molecular weight is 372 g/mol. The molecule has 0 spiro atoms. The van der Waals surface area contributed by atoms with Crippen molar-refractivity contribution in [1.29, 1.82) is 0 Å². The number of nitrogens with one attached hydrogen (secondary N) is 1. The fourth-order valence-corrected chi connectivity index (χ4v) is 3.85. The predicted octanol–water partition coefficient (Wildman–Crippen LogP) is 3.22. The van der Waals surface area contributed by atoms with Crippen LogP contribution in [0.25, 0.3) is 22.6 Å². The molecule has 3 heterocycles. The SMILES string of the molecule is CNc1ncc(C2=Cc3ccccc3CO2)c2cc(C3(C(N)=O)CC3)ncc12. The summed E-state index contributed by atoms with van der Waals surface area (Å²) in [5.74, 6) is 1.18. The van der Waals surface area contributed by atoms with Crippen LogP contribution in [-0.2, 0) is 21.6 Å². The van der Waals surface area contributed by atoms with Crippen molar-refractivity contribution in [2.45, 2.75) is 24.9 Å². The summed E-state index contributed by atoms with van der Waals surface area (Å²) in [6.07, 6.45) is 7.10. The first-order valence-corrected chi connectivity index (χ1v) is 9.32. The van der Waals surface area contributed by atoms with Crippen molar-refractivity contribution in [3.63, 3.8) is 0 Å². The number of benzene rings is 1. The van der Waals surface area contributed by atoms with E-state index in [1.807, 2.05) is 37.5 Å². The highest BCUT2D eigenvalue weighted by molar-refractivity contribution is 6.01. The number of ether oxygens (including phenoxy) is 1. The summed E-state index contributed by atoms with van der Waals surface area (Å²) >= 11 is 0. The number of fused-ring (bicyclic) bond motifs is 2. The Morgan fingerprint density at radius 2 is 2.00 bits per heavy atom. The van der Waals surface area contributed by atoms with Gasteiger partial charge in [-0.25, -0.2) is 4.98 Å². The van der Waals surface area contributed by atoms with Crippen LogP contribution in [0.15, 0.2) is 42.7 Å². The van der Waals surface area contributed by atoms with Crippen LogP contribution in [0.4, 0.5) is 5.82 Å². The third-order valence-corrected chi connectivity index (χ3v) is 5.71. The molecule has 3 N–H and O–H groups in total. The van der Waals surface area contributed by atoms with Crippen LogP contribution >= 0.6 is 0 Å². The number of pyridine rings is 2. The maximum atomic E-state index is 12.0. The number of carbonyl (C=O) groups is 1. The Hall–Kier alpha value is -3.41. The van der Waals surface area contributed by atoms with Gasteiger partial charge in [0.05, 0.1) is 11.1 Å². The van der Waals surface area contributed by atoms with Crippen molar-refractivity contribution >= 4 is 34.3 Å². The fraction of sp³-hybridized carbons (Fsp3) is 0.227. The second kappa shape index (κ2) is 6.05. The summed E-state index contributed by atoms with van der Waals surface area (Å²) in [5.41, 5.74) is 8.92. The van der Waals surface area contributed by atoms with Crippen LogP contribution in [-0.4, -0.2) is 22.9 Å². The summed E-state index contributed by atoms with van der Waals surface area (Å²) in [5, 5.41) is 4.94. The van der Waals surface area contributed by atoms with E-state index in [1.165, 1.54) is 0 Å². The monoisotopic (exact) mass is 372 g/mol. The molecular formula is C22H20N4O2. The van der Waals surface area contributed by atoms with E-state index in [0.29, 0.717) is 6.61 Å². The van der Waals surface area contributed by atoms with Gasteiger partial charge in [0.2, 0.25) is 5.91 Å². The van der Waals surface area contributed by atoms with E-state index < -0.39 is 5.41 Å². The molecule has 1 fully saturated rings. The van der Waals surface area contributed by atoms with E-state index in [2.05, 4.69) is 27.4 Å². The van der Waals surface area contributed by atoms with Crippen LogP contribution in [0.2, 0.25) is 0 Å². The zero-order valence-corrected chi connectivity index (χ0v) is 15.5. The van der Waals surface area contributed by atoms with Crippen molar-refractivity contribution in [2.24, 2.45) is 5.73 Å². The number of carbonyl (C=O) groups excluding carboxylic acids is 1. The Morgan fingerprint density at radius 1 is 1.18 bits per heavy atom. The lowest BCUT2D eigenvalue weighted by Crippen LogP contribution is -2.29. The standard InChI is InChI=1S/C22H20N4O2/c1-24-20-17-11-25-19(22(6-7-22)21(23)27)9-15(17)16(10-26-20)18-8-13-4-2-3-5-14(13)12-28-18/h2-5,8-11H,6-7,12H2,1H3,(H2,23,27)(H,24,26). The van der Waals surface area contributed by atoms with Gasteiger partial charge in [-0.1, -0.05) is 24.3 Å². The van der Waals surface area contributed by atoms with Crippen molar-refractivity contribution < 1.29 is 9.53 Å². The molecule has 0 bridgehead atoms. The van der Waals surface area contributed by atoms with Crippen molar-refractivity contribution in [3.05, 3.63) is 65.1 Å². The number of aromatic nitrogens is 2. The van der Waals surface area contributed by atoms with Crippen molar-refractivity contribution in [1.82, 2.24) is 9.97 Å². The molecule has 1 saturated carbocycles. The fourth-order valence-electron chi connectivity index (χ4n) is 3.85. The molecule has 1 aromatic carbocycles. The zero-order chi connectivity index (χ0) is 19.3. The van der Waals surface area contributed by atoms with Gasteiger partial charge in [0.1, 0.15) is 18.2 Å². The van der Waals surface area contributed by atoms with Crippen molar-refractivity contribution in [3.8, 4) is 0 Å². The maximum Gasteiger partial charge on any atom is 0.229 e. The van der Waals surface area contributed by atoms with E-state index in [4.69, 9.17) is 10.5 Å². The molecular weight excluding hydrogens is 352 g/mol. The van der Waals surface area contributed by atoms with Gasteiger partial charge in [-0.2, -0.15) is 0 Å². The largest absolute Gasteiger partial charge is 0.488 e. The predicted molar refractivity (Wildman–Crippen MR) is 108 cm³/mol. The van der Waals surface area contributed by atoms with Crippen LogP contribution in [0.1, 0.15) is 35.2 Å². The van der Waals surface area contributed by atoms with Gasteiger partial charge >= 0.3 is 0 Å². The minimum atomic E-state index is -0.636. The van der Waals surface area contributed by atoms with Gasteiger partial charge in [0, 0.05) is 35.8 Å². The summed E-state index contributed by atoms with van der Waals surface area (Å²) in [6.45, 7) is 0.514. The van der Waals surface area contributed by atoms with Crippen LogP contribution in [0.5, 0.6) is 0 Å². The summed E-state index contributed by atoms with van der Waals surface area (Å²) in [7, 11) is 1.83. The molecule has 1 aliphatic heterocycles. The molecule has 2 aliphatic rings. The van der Waals surface area contributed by atoms with E-state index in [1.54, 1.807) is 6.20 Å². The lowest BCUT2D eigenvalue weighted by molar-refractivity contribution is -0.120. The molecule has 0 saturated heterocycles. The molecule has 0 radical (unpaired) electrons. The van der Waals surface area contributed by atoms with Crippen LogP contribution in [0.3, 0.4) is 0 Å². The van der Waals surface area contributed by atoms with Gasteiger partial charge in [-0.3, -0.25) is 9.78 Å². The zero-order valence-electron chi connectivity index (χ0n) is 15.5.